The Kier molecular flexibility index (Phi) is 4.11. The van der Waals surface area contributed by atoms with Crippen molar-refractivity contribution >= 4 is 16.8 Å². The van der Waals surface area contributed by atoms with Crippen molar-refractivity contribution in [2.75, 3.05) is 13.1 Å². The number of benzene rings is 1. The van der Waals surface area contributed by atoms with E-state index in [4.69, 9.17) is 0 Å². The van der Waals surface area contributed by atoms with Crippen LogP contribution in [0.1, 0.15) is 47.7 Å². The fourth-order valence-electron chi connectivity index (χ4n) is 4.08. The molecule has 138 valence electrons. The number of likely N-dealkylation sites (tertiary alicyclic amines) is 1. The second kappa shape index (κ2) is 6.76. The maximum Gasteiger partial charge on any atom is 0.254 e. The molecule has 1 amide bonds. The van der Waals surface area contributed by atoms with Crippen molar-refractivity contribution in [2.24, 2.45) is 5.92 Å². The zero-order valence-electron chi connectivity index (χ0n) is 15.3. The van der Waals surface area contributed by atoms with E-state index in [-0.39, 0.29) is 5.91 Å². The lowest BCUT2D eigenvalue weighted by molar-refractivity contribution is 0.0661. The Morgan fingerprint density at radius 2 is 2.04 bits per heavy atom. The van der Waals surface area contributed by atoms with Crippen LogP contribution >= 0.6 is 0 Å². The number of rotatable bonds is 4. The van der Waals surface area contributed by atoms with Crippen molar-refractivity contribution in [3.63, 3.8) is 0 Å². The Balaban J connectivity index is 1.31. The molecule has 2 fully saturated rings. The lowest BCUT2D eigenvalue weighted by atomic mass is 9.97. The molecule has 1 unspecified atom stereocenters. The second-order valence-electron chi connectivity index (χ2n) is 7.77. The molecule has 1 saturated heterocycles. The van der Waals surface area contributed by atoms with Gasteiger partial charge >= 0.3 is 0 Å². The Morgan fingerprint density at radius 1 is 1.15 bits per heavy atom. The number of aromatic nitrogens is 4. The lowest BCUT2D eigenvalue weighted by Crippen LogP contribution is -2.41. The number of pyridine rings is 1. The van der Waals surface area contributed by atoms with Gasteiger partial charge < -0.3 is 4.90 Å². The maximum absolute atomic E-state index is 13.2. The number of carbonyl (C=O) groups is 1. The molecule has 0 bridgehead atoms. The standard InChI is InChI=1S/C21H23N5O/c27-21(18-9-10-22-19-6-2-1-5-17(18)19)25-11-3-4-15(12-25)13-26-14-20(23-24-26)16-7-8-16/h1-2,5-6,9-10,14-16H,3-4,7-8,11-13H2. The minimum atomic E-state index is 0.107. The van der Waals surface area contributed by atoms with Crippen molar-refractivity contribution in [3.05, 3.63) is 54.0 Å². The third-order valence-electron chi connectivity index (χ3n) is 5.68. The van der Waals surface area contributed by atoms with Crippen LogP contribution in [0.25, 0.3) is 10.9 Å². The molecular weight excluding hydrogens is 338 g/mol. The fraction of sp³-hybridized carbons (Fsp3) is 0.429. The third kappa shape index (κ3) is 3.31. The summed E-state index contributed by atoms with van der Waals surface area (Å²) in [6, 6.07) is 9.68. The summed E-state index contributed by atoms with van der Waals surface area (Å²) >= 11 is 0. The predicted molar refractivity (Wildman–Crippen MR) is 102 cm³/mol. The van der Waals surface area contributed by atoms with Crippen molar-refractivity contribution in [3.8, 4) is 0 Å². The summed E-state index contributed by atoms with van der Waals surface area (Å²) < 4.78 is 1.97. The molecule has 1 atom stereocenters. The number of hydrogen-bond acceptors (Lipinski definition) is 4. The number of fused-ring (bicyclic) bond motifs is 1. The molecule has 1 aliphatic carbocycles. The van der Waals surface area contributed by atoms with Gasteiger partial charge in [-0.25, -0.2) is 0 Å². The highest BCUT2D eigenvalue weighted by Gasteiger charge is 2.28. The first-order chi connectivity index (χ1) is 13.3. The average molecular weight is 361 g/mol. The van der Waals surface area contributed by atoms with E-state index in [0.717, 1.165) is 54.6 Å². The van der Waals surface area contributed by atoms with Gasteiger partial charge in [0, 0.05) is 43.3 Å². The van der Waals surface area contributed by atoms with Gasteiger partial charge in [-0.3, -0.25) is 14.5 Å². The van der Waals surface area contributed by atoms with Gasteiger partial charge in [-0.05, 0) is 43.7 Å². The topological polar surface area (TPSA) is 63.9 Å². The van der Waals surface area contributed by atoms with Crippen molar-refractivity contribution < 1.29 is 4.79 Å². The van der Waals surface area contributed by atoms with Gasteiger partial charge in [-0.15, -0.1) is 5.10 Å². The molecule has 0 N–H and O–H groups in total. The van der Waals surface area contributed by atoms with Crippen LogP contribution in [0.5, 0.6) is 0 Å². The number of hydrogen-bond donors (Lipinski definition) is 0. The van der Waals surface area contributed by atoms with Gasteiger partial charge in [-0.2, -0.15) is 0 Å². The van der Waals surface area contributed by atoms with E-state index in [2.05, 4.69) is 21.5 Å². The number of piperidine rings is 1. The van der Waals surface area contributed by atoms with Crippen molar-refractivity contribution in [1.29, 1.82) is 0 Å². The summed E-state index contributed by atoms with van der Waals surface area (Å²) in [5.41, 5.74) is 2.74. The molecule has 6 nitrogen and oxygen atoms in total. The van der Waals surface area contributed by atoms with Crippen LogP contribution in [-0.4, -0.2) is 43.9 Å². The van der Waals surface area contributed by atoms with Gasteiger partial charge in [0.15, 0.2) is 0 Å². The van der Waals surface area contributed by atoms with E-state index in [1.165, 1.54) is 12.8 Å². The van der Waals surface area contributed by atoms with Gasteiger partial charge in [0.25, 0.3) is 5.91 Å². The highest BCUT2D eigenvalue weighted by atomic mass is 16.2. The van der Waals surface area contributed by atoms with Crippen LogP contribution in [0.2, 0.25) is 0 Å². The monoisotopic (exact) mass is 361 g/mol. The summed E-state index contributed by atoms with van der Waals surface area (Å²) in [5.74, 6) is 1.16. The van der Waals surface area contributed by atoms with Crippen LogP contribution in [0, 0.1) is 5.92 Å². The van der Waals surface area contributed by atoms with E-state index in [9.17, 15) is 4.79 Å². The first-order valence-corrected chi connectivity index (χ1v) is 9.81. The largest absolute Gasteiger partial charge is 0.338 e. The van der Waals surface area contributed by atoms with Gasteiger partial charge in [0.1, 0.15) is 0 Å². The van der Waals surface area contributed by atoms with E-state index in [1.807, 2.05) is 39.9 Å². The van der Waals surface area contributed by atoms with Crippen LogP contribution in [0.15, 0.2) is 42.7 Å². The molecule has 1 aromatic carbocycles. The molecule has 6 heteroatoms. The summed E-state index contributed by atoms with van der Waals surface area (Å²) in [5, 5.41) is 9.53. The highest BCUT2D eigenvalue weighted by Crippen LogP contribution is 2.38. The molecule has 3 aromatic rings. The molecule has 5 rings (SSSR count). The SMILES string of the molecule is O=C(c1ccnc2ccccc12)N1CCCC(Cn2cc(C3CC3)nn2)C1. The number of para-hydroxylation sites is 1. The minimum Gasteiger partial charge on any atom is -0.338 e. The van der Waals surface area contributed by atoms with Gasteiger partial charge in [-0.1, -0.05) is 23.4 Å². The number of nitrogens with zero attached hydrogens (tertiary/aromatic N) is 5. The molecule has 0 spiro atoms. The number of amides is 1. The molecule has 1 aliphatic heterocycles. The zero-order chi connectivity index (χ0) is 18.2. The summed E-state index contributed by atoms with van der Waals surface area (Å²) in [6.45, 7) is 2.42. The molecular formula is C21H23N5O. The molecule has 1 saturated carbocycles. The minimum absolute atomic E-state index is 0.107. The third-order valence-corrected chi connectivity index (χ3v) is 5.68. The number of carbonyl (C=O) groups excluding carboxylic acids is 1. The second-order valence-corrected chi connectivity index (χ2v) is 7.77. The fourth-order valence-corrected chi connectivity index (χ4v) is 4.08. The van der Waals surface area contributed by atoms with E-state index < -0.39 is 0 Å². The Bertz CT molecular complexity index is 972. The quantitative estimate of drug-likeness (QED) is 0.715. The Morgan fingerprint density at radius 3 is 2.93 bits per heavy atom. The highest BCUT2D eigenvalue weighted by molar-refractivity contribution is 6.05. The molecule has 3 heterocycles. The zero-order valence-corrected chi connectivity index (χ0v) is 15.3. The van der Waals surface area contributed by atoms with E-state index in [1.54, 1.807) is 6.20 Å². The predicted octanol–water partition coefficient (Wildman–Crippen LogP) is 3.26. The average Bonchev–Trinajstić information content (AvgIpc) is 3.47. The smallest absolute Gasteiger partial charge is 0.254 e. The van der Waals surface area contributed by atoms with Gasteiger partial charge in [0.2, 0.25) is 0 Å². The maximum atomic E-state index is 13.2. The van der Waals surface area contributed by atoms with Crippen LogP contribution in [0.3, 0.4) is 0 Å². The Hall–Kier alpha value is -2.76. The Labute approximate surface area is 158 Å². The molecule has 2 aromatic heterocycles. The molecule has 2 aliphatic rings. The van der Waals surface area contributed by atoms with Crippen LogP contribution in [-0.2, 0) is 6.54 Å². The molecule has 0 radical (unpaired) electrons. The summed E-state index contributed by atoms with van der Waals surface area (Å²) in [4.78, 5) is 19.5. The van der Waals surface area contributed by atoms with Crippen molar-refractivity contribution in [2.45, 2.75) is 38.1 Å². The normalized spacial score (nSPS) is 20.1. The summed E-state index contributed by atoms with van der Waals surface area (Å²) in [6.07, 6.45) is 8.46. The van der Waals surface area contributed by atoms with E-state index in [0.29, 0.717) is 11.8 Å². The van der Waals surface area contributed by atoms with Crippen molar-refractivity contribution in [1.82, 2.24) is 24.9 Å². The first kappa shape index (κ1) is 16.4. The molecule has 27 heavy (non-hydrogen) atoms. The van der Waals surface area contributed by atoms with Crippen LogP contribution in [0.4, 0.5) is 0 Å². The van der Waals surface area contributed by atoms with Crippen LogP contribution < -0.4 is 0 Å². The van der Waals surface area contributed by atoms with Gasteiger partial charge in [0.05, 0.1) is 16.8 Å². The van der Waals surface area contributed by atoms with E-state index >= 15 is 0 Å². The first-order valence-electron chi connectivity index (χ1n) is 9.81. The summed E-state index contributed by atoms with van der Waals surface area (Å²) in [7, 11) is 0. The lowest BCUT2D eigenvalue weighted by Gasteiger charge is -2.33.